The third-order valence-electron chi connectivity index (χ3n) is 3.92. The third-order valence-corrected chi connectivity index (χ3v) is 3.92. The lowest BCUT2D eigenvalue weighted by molar-refractivity contribution is -0.131. The summed E-state index contributed by atoms with van der Waals surface area (Å²) in [5, 5.41) is 0. The van der Waals surface area contributed by atoms with Gasteiger partial charge in [0.1, 0.15) is 0 Å². The maximum Gasteiger partial charge on any atom is 0.236 e. The largest absolute Gasteiger partial charge is 0.342 e. The standard InChI is InChI=1S/C15H23N3O.2ClH/c1-17(15(19)11-16)14-7-9-18(10-8-14)12-13-5-3-2-4-6-13;;/h2-6,14H,7-12,16H2,1H3;2*1H. The van der Waals surface area contributed by atoms with Gasteiger partial charge in [-0.25, -0.2) is 0 Å². The van der Waals surface area contributed by atoms with Gasteiger partial charge in [0.05, 0.1) is 6.54 Å². The highest BCUT2D eigenvalue weighted by molar-refractivity contribution is 5.85. The average Bonchev–Trinajstić information content (AvgIpc) is 2.47. The molecule has 4 nitrogen and oxygen atoms in total. The zero-order valence-corrected chi connectivity index (χ0v) is 14.0. The van der Waals surface area contributed by atoms with E-state index >= 15 is 0 Å². The molecule has 0 saturated carbocycles. The van der Waals surface area contributed by atoms with Crippen LogP contribution in [0.25, 0.3) is 0 Å². The van der Waals surface area contributed by atoms with Crippen molar-refractivity contribution in [2.75, 3.05) is 26.7 Å². The highest BCUT2D eigenvalue weighted by Gasteiger charge is 2.24. The van der Waals surface area contributed by atoms with E-state index in [0.717, 1.165) is 32.5 Å². The Kier molecular flexibility index (Phi) is 9.62. The molecule has 1 aromatic carbocycles. The summed E-state index contributed by atoms with van der Waals surface area (Å²) in [6.07, 6.45) is 2.07. The number of halogens is 2. The van der Waals surface area contributed by atoms with Gasteiger partial charge in [-0.2, -0.15) is 0 Å². The molecular weight excluding hydrogens is 309 g/mol. The van der Waals surface area contributed by atoms with Crippen LogP contribution in [0, 0.1) is 0 Å². The number of carbonyl (C=O) groups excluding carboxylic acids is 1. The number of hydrogen-bond acceptors (Lipinski definition) is 3. The van der Waals surface area contributed by atoms with Crippen molar-refractivity contribution in [3.8, 4) is 0 Å². The Bertz CT molecular complexity index is 409. The molecule has 1 aliphatic heterocycles. The molecule has 21 heavy (non-hydrogen) atoms. The number of benzene rings is 1. The molecule has 0 unspecified atom stereocenters. The van der Waals surface area contributed by atoms with Crippen LogP contribution in [0.15, 0.2) is 30.3 Å². The van der Waals surface area contributed by atoms with Crippen molar-refractivity contribution < 1.29 is 4.79 Å². The van der Waals surface area contributed by atoms with Gasteiger partial charge in [0, 0.05) is 32.7 Å². The van der Waals surface area contributed by atoms with Crippen LogP contribution in [-0.2, 0) is 11.3 Å². The summed E-state index contributed by atoms with van der Waals surface area (Å²) >= 11 is 0. The fraction of sp³-hybridized carbons (Fsp3) is 0.533. The van der Waals surface area contributed by atoms with E-state index in [1.165, 1.54) is 5.56 Å². The number of amides is 1. The Morgan fingerprint density at radius 1 is 1.24 bits per heavy atom. The monoisotopic (exact) mass is 333 g/mol. The van der Waals surface area contributed by atoms with E-state index in [1.807, 2.05) is 18.0 Å². The van der Waals surface area contributed by atoms with Crippen molar-refractivity contribution in [2.45, 2.75) is 25.4 Å². The number of nitrogens with two attached hydrogens (primary N) is 1. The normalized spacial score (nSPS) is 15.7. The van der Waals surface area contributed by atoms with Gasteiger partial charge in [0.25, 0.3) is 0 Å². The molecule has 2 rings (SSSR count). The van der Waals surface area contributed by atoms with Gasteiger partial charge < -0.3 is 10.6 Å². The highest BCUT2D eigenvalue weighted by Crippen LogP contribution is 2.17. The Balaban J connectivity index is 0.00000200. The van der Waals surface area contributed by atoms with E-state index in [0.29, 0.717) is 6.04 Å². The maximum absolute atomic E-state index is 11.6. The minimum absolute atomic E-state index is 0. The Morgan fingerprint density at radius 3 is 2.33 bits per heavy atom. The molecule has 0 bridgehead atoms. The highest BCUT2D eigenvalue weighted by atomic mass is 35.5. The first kappa shape index (κ1) is 20.2. The molecule has 1 amide bonds. The molecule has 0 aromatic heterocycles. The van der Waals surface area contributed by atoms with Crippen LogP contribution in [-0.4, -0.2) is 48.4 Å². The third kappa shape index (κ3) is 5.83. The number of likely N-dealkylation sites (N-methyl/N-ethyl adjacent to an activating group) is 1. The SMILES string of the molecule is CN(C(=O)CN)C1CCN(Cc2ccccc2)CC1.Cl.Cl. The molecule has 1 saturated heterocycles. The van der Waals surface area contributed by atoms with Crippen molar-refractivity contribution in [2.24, 2.45) is 5.73 Å². The van der Waals surface area contributed by atoms with Crippen LogP contribution >= 0.6 is 24.8 Å². The summed E-state index contributed by atoms with van der Waals surface area (Å²) in [7, 11) is 1.87. The van der Waals surface area contributed by atoms with Crippen molar-refractivity contribution in [1.29, 1.82) is 0 Å². The van der Waals surface area contributed by atoms with Gasteiger partial charge in [0.15, 0.2) is 0 Å². The fourth-order valence-electron chi connectivity index (χ4n) is 2.65. The first-order valence-electron chi connectivity index (χ1n) is 6.92. The summed E-state index contributed by atoms with van der Waals surface area (Å²) in [5.74, 6) is 0.0431. The molecule has 1 fully saturated rings. The van der Waals surface area contributed by atoms with Crippen molar-refractivity contribution in [3.05, 3.63) is 35.9 Å². The van der Waals surface area contributed by atoms with Gasteiger partial charge in [-0.15, -0.1) is 24.8 Å². The predicted octanol–water partition coefficient (Wildman–Crippen LogP) is 1.91. The van der Waals surface area contributed by atoms with Crippen LogP contribution in [0.3, 0.4) is 0 Å². The second-order valence-electron chi connectivity index (χ2n) is 5.20. The number of likely N-dealkylation sites (tertiary alicyclic amines) is 1. The molecule has 0 spiro atoms. The van der Waals surface area contributed by atoms with Gasteiger partial charge in [-0.1, -0.05) is 30.3 Å². The van der Waals surface area contributed by atoms with Crippen molar-refractivity contribution in [3.63, 3.8) is 0 Å². The number of rotatable bonds is 4. The topological polar surface area (TPSA) is 49.6 Å². The summed E-state index contributed by atoms with van der Waals surface area (Å²) in [5.41, 5.74) is 6.76. The number of nitrogens with zero attached hydrogens (tertiary/aromatic N) is 2. The summed E-state index contributed by atoms with van der Waals surface area (Å²) in [6.45, 7) is 3.20. The van der Waals surface area contributed by atoms with E-state index in [9.17, 15) is 4.79 Å². The van der Waals surface area contributed by atoms with E-state index in [1.54, 1.807) is 0 Å². The predicted molar refractivity (Wildman–Crippen MR) is 91.1 cm³/mol. The quantitative estimate of drug-likeness (QED) is 0.915. The Morgan fingerprint density at radius 2 is 1.81 bits per heavy atom. The molecule has 2 N–H and O–H groups in total. The Hall–Kier alpha value is -0.810. The van der Waals surface area contributed by atoms with Gasteiger partial charge in [-0.3, -0.25) is 9.69 Å². The molecule has 0 atom stereocenters. The molecule has 0 radical (unpaired) electrons. The average molecular weight is 334 g/mol. The van der Waals surface area contributed by atoms with E-state index < -0.39 is 0 Å². The van der Waals surface area contributed by atoms with E-state index in [-0.39, 0.29) is 37.3 Å². The second-order valence-corrected chi connectivity index (χ2v) is 5.20. The first-order chi connectivity index (χ1) is 9.20. The molecule has 1 aromatic rings. The van der Waals surface area contributed by atoms with Crippen LogP contribution in [0.5, 0.6) is 0 Å². The van der Waals surface area contributed by atoms with E-state index in [4.69, 9.17) is 5.73 Å². The van der Waals surface area contributed by atoms with Crippen LogP contribution in [0.4, 0.5) is 0 Å². The zero-order valence-electron chi connectivity index (χ0n) is 12.4. The number of carbonyl (C=O) groups is 1. The van der Waals surface area contributed by atoms with Crippen LogP contribution in [0.1, 0.15) is 18.4 Å². The molecule has 120 valence electrons. The van der Waals surface area contributed by atoms with Crippen molar-refractivity contribution >= 4 is 30.7 Å². The second kappa shape index (κ2) is 10.0. The first-order valence-corrected chi connectivity index (χ1v) is 6.92. The van der Waals surface area contributed by atoms with Crippen LogP contribution < -0.4 is 5.73 Å². The molecule has 1 heterocycles. The number of piperidine rings is 1. The number of hydrogen-bond donors (Lipinski definition) is 1. The molecule has 6 heteroatoms. The lowest BCUT2D eigenvalue weighted by Gasteiger charge is -2.36. The van der Waals surface area contributed by atoms with Gasteiger partial charge in [-0.05, 0) is 18.4 Å². The van der Waals surface area contributed by atoms with Crippen molar-refractivity contribution in [1.82, 2.24) is 9.80 Å². The summed E-state index contributed by atoms with van der Waals surface area (Å²) in [4.78, 5) is 15.8. The zero-order chi connectivity index (χ0) is 13.7. The van der Waals surface area contributed by atoms with E-state index in [2.05, 4.69) is 29.2 Å². The Labute approximate surface area is 139 Å². The lowest BCUT2D eigenvalue weighted by atomic mass is 10.0. The minimum atomic E-state index is 0. The summed E-state index contributed by atoms with van der Waals surface area (Å²) < 4.78 is 0. The molecule has 0 aliphatic carbocycles. The van der Waals surface area contributed by atoms with Gasteiger partial charge in [0.2, 0.25) is 5.91 Å². The van der Waals surface area contributed by atoms with Gasteiger partial charge >= 0.3 is 0 Å². The van der Waals surface area contributed by atoms with Crippen LogP contribution in [0.2, 0.25) is 0 Å². The summed E-state index contributed by atoms with van der Waals surface area (Å²) in [6, 6.07) is 10.9. The molecular formula is C15H25Cl2N3O. The molecule has 1 aliphatic rings. The fourth-order valence-corrected chi connectivity index (χ4v) is 2.65. The minimum Gasteiger partial charge on any atom is -0.342 e. The smallest absolute Gasteiger partial charge is 0.236 e. The maximum atomic E-state index is 11.6. The lowest BCUT2D eigenvalue weighted by Crippen LogP contribution is -2.47.